The highest BCUT2D eigenvalue weighted by Gasteiger charge is 2.20. The molecule has 11 rings (SSSR count). The van der Waals surface area contributed by atoms with E-state index in [4.69, 9.17) is 15.0 Å². The number of fused-ring (bicyclic) bond motifs is 6. The third-order valence-electron chi connectivity index (χ3n) is 10.6. The van der Waals surface area contributed by atoms with Crippen LogP contribution in [0.5, 0.6) is 0 Å². The number of hydrogen-bond acceptors (Lipinski definition) is 5. The standard InChI is InChI=1S/C49H31N7/c1-3-14-36(40-16-5-7-26-50-40)34(12-1)32-22-24-42-38(30-32)48-44(18-10-28-52-48)55(42)46-20-9-21-47(54-46)56-43-25-23-33(31-39(43)49-45(56)19-11-29-53-49)35-13-2-4-15-37(35)41-17-6-8-27-51-41/h1-31H. The fraction of sp³-hybridized carbons (Fsp3) is 0. The second-order valence-corrected chi connectivity index (χ2v) is 13.8. The van der Waals surface area contributed by atoms with Gasteiger partial charge in [0.15, 0.2) is 0 Å². The van der Waals surface area contributed by atoms with Crippen LogP contribution in [0.3, 0.4) is 0 Å². The van der Waals surface area contributed by atoms with Crippen LogP contribution < -0.4 is 0 Å². The van der Waals surface area contributed by atoms with Crippen LogP contribution >= 0.6 is 0 Å². The van der Waals surface area contributed by atoms with Crippen molar-refractivity contribution in [3.05, 3.63) is 189 Å². The van der Waals surface area contributed by atoms with Gasteiger partial charge in [-0.05, 0) is 107 Å². The Morgan fingerprint density at radius 2 is 0.768 bits per heavy atom. The van der Waals surface area contributed by atoms with Gasteiger partial charge in [0.1, 0.15) is 11.6 Å². The number of aromatic nitrogens is 7. The van der Waals surface area contributed by atoms with Crippen LogP contribution in [0.25, 0.3) is 100 Å². The van der Waals surface area contributed by atoms with Crippen LogP contribution in [0.1, 0.15) is 0 Å². The van der Waals surface area contributed by atoms with Crippen molar-refractivity contribution < 1.29 is 0 Å². The Morgan fingerprint density at radius 1 is 0.321 bits per heavy atom. The van der Waals surface area contributed by atoms with E-state index in [9.17, 15) is 0 Å². The van der Waals surface area contributed by atoms with Gasteiger partial charge in [-0.1, -0.05) is 78.9 Å². The minimum atomic E-state index is 0.803. The zero-order valence-corrected chi connectivity index (χ0v) is 30.0. The van der Waals surface area contributed by atoms with Crippen LogP contribution in [0.2, 0.25) is 0 Å². The molecule has 7 nitrogen and oxygen atoms in total. The Kier molecular flexibility index (Phi) is 7.35. The van der Waals surface area contributed by atoms with Crippen LogP contribution in [-0.2, 0) is 0 Å². The number of benzene rings is 4. The minimum Gasteiger partial charge on any atom is -0.292 e. The van der Waals surface area contributed by atoms with E-state index in [1.807, 2.05) is 61.2 Å². The predicted octanol–water partition coefficient (Wildman–Crippen LogP) is 11.5. The third-order valence-corrected chi connectivity index (χ3v) is 10.6. The average Bonchev–Trinajstić information content (AvgIpc) is 3.79. The van der Waals surface area contributed by atoms with Gasteiger partial charge in [0.2, 0.25) is 0 Å². The summed E-state index contributed by atoms with van der Waals surface area (Å²) in [6, 6.07) is 56.6. The molecule has 7 aromatic heterocycles. The van der Waals surface area contributed by atoms with E-state index in [1.165, 1.54) is 0 Å². The molecule has 0 N–H and O–H groups in total. The van der Waals surface area contributed by atoms with Crippen LogP contribution in [0, 0.1) is 0 Å². The number of rotatable bonds is 6. The first-order valence-electron chi connectivity index (χ1n) is 18.6. The van der Waals surface area contributed by atoms with Crippen molar-refractivity contribution in [3.8, 4) is 56.4 Å². The van der Waals surface area contributed by atoms with Crippen molar-refractivity contribution in [2.75, 3.05) is 0 Å². The summed E-state index contributed by atoms with van der Waals surface area (Å²) >= 11 is 0. The Morgan fingerprint density at radius 3 is 1.23 bits per heavy atom. The molecule has 0 radical (unpaired) electrons. The second-order valence-electron chi connectivity index (χ2n) is 13.8. The minimum absolute atomic E-state index is 0.803. The number of hydrogen-bond donors (Lipinski definition) is 0. The first kappa shape index (κ1) is 31.7. The number of nitrogens with zero attached hydrogens (tertiary/aromatic N) is 7. The molecule has 56 heavy (non-hydrogen) atoms. The molecule has 0 unspecified atom stereocenters. The number of pyridine rings is 5. The molecule has 0 saturated carbocycles. The highest BCUT2D eigenvalue weighted by Crippen LogP contribution is 2.39. The molecular formula is C49H31N7. The van der Waals surface area contributed by atoms with Gasteiger partial charge in [0, 0.05) is 46.7 Å². The predicted molar refractivity (Wildman–Crippen MR) is 226 cm³/mol. The summed E-state index contributed by atoms with van der Waals surface area (Å²) in [5, 5.41) is 2.11. The molecule has 0 spiro atoms. The Labute approximate surface area is 321 Å². The molecule has 0 fully saturated rings. The van der Waals surface area contributed by atoms with Crippen LogP contribution in [0.15, 0.2) is 189 Å². The second kappa shape index (κ2) is 13.0. The summed E-state index contributed by atoms with van der Waals surface area (Å²) in [4.78, 5) is 24.5. The zero-order valence-electron chi connectivity index (χ0n) is 30.0. The lowest BCUT2D eigenvalue weighted by atomic mass is 9.96. The first-order valence-corrected chi connectivity index (χ1v) is 18.6. The van der Waals surface area contributed by atoms with E-state index in [1.54, 1.807) is 0 Å². The summed E-state index contributed by atoms with van der Waals surface area (Å²) in [6.45, 7) is 0. The summed E-state index contributed by atoms with van der Waals surface area (Å²) in [7, 11) is 0. The molecule has 11 aromatic rings. The van der Waals surface area contributed by atoms with E-state index in [-0.39, 0.29) is 0 Å². The maximum absolute atomic E-state index is 5.38. The third kappa shape index (κ3) is 5.10. The lowest BCUT2D eigenvalue weighted by molar-refractivity contribution is 1.01. The van der Waals surface area contributed by atoms with Gasteiger partial charge in [-0.3, -0.25) is 29.1 Å². The highest BCUT2D eigenvalue weighted by atomic mass is 15.1. The largest absolute Gasteiger partial charge is 0.292 e. The van der Waals surface area contributed by atoms with Gasteiger partial charge in [-0.2, -0.15) is 0 Å². The monoisotopic (exact) mass is 717 g/mol. The van der Waals surface area contributed by atoms with Crippen molar-refractivity contribution in [2.24, 2.45) is 0 Å². The topological polar surface area (TPSA) is 74.3 Å². The van der Waals surface area contributed by atoms with Crippen molar-refractivity contribution in [3.63, 3.8) is 0 Å². The molecule has 0 atom stereocenters. The van der Waals surface area contributed by atoms with Crippen molar-refractivity contribution in [2.45, 2.75) is 0 Å². The molecule has 0 saturated heterocycles. The summed E-state index contributed by atoms with van der Waals surface area (Å²) in [6.07, 6.45) is 7.40. The van der Waals surface area contributed by atoms with Crippen molar-refractivity contribution in [1.82, 2.24) is 34.1 Å². The van der Waals surface area contributed by atoms with E-state index < -0.39 is 0 Å². The molecular weight excluding hydrogens is 687 g/mol. The fourth-order valence-corrected chi connectivity index (χ4v) is 8.12. The lowest BCUT2D eigenvalue weighted by Crippen LogP contribution is -2.03. The maximum atomic E-state index is 5.38. The molecule has 0 aliphatic carbocycles. The van der Waals surface area contributed by atoms with Gasteiger partial charge in [0.25, 0.3) is 0 Å². The summed E-state index contributed by atoms with van der Waals surface area (Å²) in [5.41, 5.74) is 14.4. The van der Waals surface area contributed by atoms with Crippen molar-refractivity contribution >= 4 is 43.9 Å². The molecule has 4 aromatic carbocycles. The van der Waals surface area contributed by atoms with Crippen LogP contribution in [-0.4, -0.2) is 34.1 Å². The van der Waals surface area contributed by atoms with Crippen LogP contribution in [0.4, 0.5) is 0 Å². The summed E-state index contributed by atoms with van der Waals surface area (Å²) < 4.78 is 4.43. The normalized spacial score (nSPS) is 11.6. The molecule has 7 heteroatoms. The molecule has 0 bridgehead atoms. The van der Waals surface area contributed by atoms with Gasteiger partial charge in [-0.25, -0.2) is 4.98 Å². The first-order chi connectivity index (χ1) is 27.8. The van der Waals surface area contributed by atoms with E-state index >= 15 is 0 Å². The van der Waals surface area contributed by atoms with E-state index in [0.717, 1.165) is 100 Å². The van der Waals surface area contributed by atoms with Gasteiger partial charge in [-0.15, -0.1) is 0 Å². The van der Waals surface area contributed by atoms with Gasteiger partial charge >= 0.3 is 0 Å². The molecule has 7 heterocycles. The fourth-order valence-electron chi connectivity index (χ4n) is 8.12. The smallest absolute Gasteiger partial charge is 0.140 e. The molecule has 0 aliphatic rings. The molecule has 262 valence electrons. The Hall–Kier alpha value is -7.77. The SMILES string of the molecule is c1ccc(-c2ccccc2-c2ccc3c(c2)c2ncccc2n3-c2cccc(-n3c4ccc(-c5ccccc5-c5ccccn5)cc4c4ncccc43)n2)nc1. The van der Waals surface area contributed by atoms with E-state index in [2.05, 4.69) is 146 Å². The zero-order chi connectivity index (χ0) is 37.0. The summed E-state index contributed by atoms with van der Waals surface area (Å²) in [5.74, 6) is 1.61. The highest BCUT2D eigenvalue weighted by molar-refractivity contribution is 6.10. The van der Waals surface area contributed by atoms with Gasteiger partial charge < -0.3 is 0 Å². The average molecular weight is 718 g/mol. The lowest BCUT2D eigenvalue weighted by Gasteiger charge is -2.12. The van der Waals surface area contributed by atoms with E-state index in [0.29, 0.717) is 0 Å². The molecule has 0 amide bonds. The quantitative estimate of drug-likeness (QED) is 0.171. The Bertz CT molecular complexity index is 3040. The maximum Gasteiger partial charge on any atom is 0.140 e. The van der Waals surface area contributed by atoms with Crippen molar-refractivity contribution in [1.29, 1.82) is 0 Å². The molecule has 0 aliphatic heterocycles. The van der Waals surface area contributed by atoms with Gasteiger partial charge in [0.05, 0.1) is 44.5 Å². The Balaban J connectivity index is 1.06.